The Balaban J connectivity index is 2.00. The van der Waals surface area contributed by atoms with E-state index in [9.17, 15) is 4.79 Å². The molecule has 0 saturated heterocycles. The number of carbonyl (C=O) groups excluding carboxylic acids is 1. The Kier molecular flexibility index (Phi) is 4.97. The number of benzene rings is 1. The molecule has 0 aliphatic carbocycles. The Hall–Kier alpha value is -1.87. The number of thioether (sulfide) groups is 1. The Labute approximate surface area is 134 Å². The van der Waals surface area contributed by atoms with E-state index < -0.39 is 5.25 Å². The van der Waals surface area contributed by atoms with Crippen LogP contribution in [-0.4, -0.2) is 26.1 Å². The number of anilines is 3. The SMILES string of the molecule is C[C@@H](Sc1nc(N)nc(N)n1)C(=O)Nc1ccc(Br)cc1. The van der Waals surface area contributed by atoms with Crippen molar-refractivity contribution in [3.8, 4) is 0 Å². The average Bonchev–Trinajstić information content (AvgIpc) is 2.40. The maximum atomic E-state index is 12.1. The van der Waals surface area contributed by atoms with E-state index in [0.717, 1.165) is 16.2 Å². The molecule has 2 aromatic rings. The van der Waals surface area contributed by atoms with E-state index in [1.165, 1.54) is 0 Å². The molecule has 1 heterocycles. The minimum Gasteiger partial charge on any atom is -0.368 e. The van der Waals surface area contributed by atoms with Crippen molar-refractivity contribution in [1.29, 1.82) is 0 Å². The number of halogens is 1. The second-order valence-electron chi connectivity index (χ2n) is 4.09. The lowest BCUT2D eigenvalue weighted by Crippen LogP contribution is -2.22. The fourth-order valence-corrected chi connectivity index (χ4v) is 2.47. The normalized spacial score (nSPS) is 11.9. The van der Waals surface area contributed by atoms with Gasteiger partial charge in [-0.1, -0.05) is 27.7 Å². The number of nitrogens with two attached hydrogens (primary N) is 2. The highest BCUT2D eigenvalue weighted by Gasteiger charge is 2.17. The third-order valence-electron chi connectivity index (χ3n) is 2.41. The second-order valence-corrected chi connectivity index (χ2v) is 6.31. The fourth-order valence-electron chi connectivity index (χ4n) is 1.43. The van der Waals surface area contributed by atoms with Gasteiger partial charge in [0.15, 0.2) is 5.16 Å². The molecule has 0 aliphatic rings. The summed E-state index contributed by atoms with van der Waals surface area (Å²) in [5.41, 5.74) is 11.7. The molecule has 0 saturated carbocycles. The number of nitrogens with zero attached hydrogens (tertiary/aromatic N) is 3. The van der Waals surface area contributed by atoms with Crippen molar-refractivity contribution >= 4 is 51.2 Å². The van der Waals surface area contributed by atoms with Gasteiger partial charge in [-0.3, -0.25) is 4.79 Å². The van der Waals surface area contributed by atoms with Crippen LogP contribution >= 0.6 is 27.7 Å². The second kappa shape index (κ2) is 6.72. The number of amides is 1. The number of hydrogen-bond donors (Lipinski definition) is 3. The van der Waals surface area contributed by atoms with Crippen molar-refractivity contribution < 1.29 is 4.79 Å². The van der Waals surface area contributed by atoms with E-state index in [1.807, 2.05) is 12.1 Å². The van der Waals surface area contributed by atoms with Gasteiger partial charge in [-0.15, -0.1) is 0 Å². The van der Waals surface area contributed by atoms with Gasteiger partial charge in [0.1, 0.15) is 0 Å². The summed E-state index contributed by atoms with van der Waals surface area (Å²) in [6.45, 7) is 1.75. The van der Waals surface area contributed by atoms with Gasteiger partial charge in [0.05, 0.1) is 5.25 Å². The van der Waals surface area contributed by atoms with Gasteiger partial charge in [-0.25, -0.2) is 0 Å². The highest BCUT2D eigenvalue weighted by atomic mass is 79.9. The largest absolute Gasteiger partial charge is 0.368 e. The predicted octanol–water partition coefficient (Wildman–Crippen LogP) is 1.92. The van der Waals surface area contributed by atoms with E-state index in [-0.39, 0.29) is 17.8 Å². The summed E-state index contributed by atoms with van der Waals surface area (Å²) in [6, 6.07) is 7.30. The van der Waals surface area contributed by atoms with Crippen molar-refractivity contribution in [3.05, 3.63) is 28.7 Å². The first-order chi connectivity index (χ1) is 9.94. The van der Waals surface area contributed by atoms with Gasteiger partial charge in [-0.2, -0.15) is 15.0 Å². The summed E-state index contributed by atoms with van der Waals surface area (Å²) in [4.78, 5) is 23.6. The van der Waals surface area contributed by atoms with Crippen molar-refractivity contribution in [1.82, 2.24) is 15.0 Å². The molecule has 0 bridgehead atoms. The van der Waals surface area contributed by atoms with E-state index in [0.29, 0.717) is 10.8 Å². The van der Waals surface area contributed by atoms with Crippen LogP contribution in [0.4, 0.5) is 17.6 Å². The molecule has 5 N–H and O–H groups in total. The van der Waals surface area contributed by atoms with Crippen LogP contribution in [0.25, 0.3) is 0 Å². The molecule has 0 unspecified atom stereocenters. The standard InChI is InChI=1S/C12H13BrN6OS/c1-6(21-12-18-10(14)17-11(15)19-12)9(20)16-8-4-2-7(13)3-5-8/h2-6H,1H3,(H,16,20)(H4,14,15,17,18,19)/t6-/m1/s1. The summed E-state index contributed by atoms with van der Waals surface area (Å²) >= 11 is 4.49. The summed E-state index contributed by atoms with van der Waals surface area (Å²) in [5.74, 6) is -0.101. The molecule has 1 aromatic heterocycles. The molecule has 1 atom stereocenters. The van der Waals surface area contributed by atoms with Crippen LogP contribution in [0.5, 0.6) is 0 Å². The molecule has 9 heteroatoms. The van der Waals surface area contributed by atoms with Gasteiger partial charge in [0, 0.05) is 10.2 Å². The molecule has 7 nitrogen and oxygen atoms in total. The highest BCUT2D eigenvalue weighted by molar-refractivity contribution is 9.10. The van der Waals surface area contributed by atoms with Crippen molar-refractivity contribution in [3.63, 3.8) is 0 Å². The molecule has 1 amide bonds. The average molecular weight is 369 g/mol. The van der Waals surface area contributed by atoms with Crippen LogP contribution in [0.1, 0.15) is 6.92 Å². The molecule has 1 aromatic carbocycles. The predicted molar refractivity (Wildman–Crippen MR) is 86.7 cm³/mol. The van der Waals surface area contributed by atoms with Gasteiger partial charge < -0.3 is 16.8 Å². The number of aromatic nitrogens is 3. The van der Waals surface area contributed by atoms with E-state index in [4.69, 9.17) is 11.5 Å². The van der Waals surface area contributed by atoms with Crippen molar-refractivity contribution in [2.75, 3.05) is 16.8 Å². The Morgan fingerprint density at radius 3 is 2.33 bits per heavy atom. The quantitative estimate of drug-likeness (QED) is 0.704. The number of carbonyl (C=O) groups is 1. The zero-order chi connectivity index (χ0) is 15.4. The molecule has 2 rings (SSSR count). The lowest BCUT2D eigenvalue weighted by Gasteiger charge is -2.11. The summed E-state index contributed by atoms with van der Waals surface area (Å²) in [6.07, 6.45) is 0. The summed E-state index contributed by atoms with van der Waals surface area (Å²) in [5, 5.41) is 2.71. The van der Waals surface area contributed by atoms with Gasteiger partial charge in [0.2, 0.25) is 17.8 Å². The zero-order valence-corrected chi connectivity index (χ0v) is 13.5. The lowest BCUT2D eigenvalue weighted by atomic mass is 10.3. The topological polar surface area (TPSA) is 120 Å². The fraction of sp³-hybridized carbons (Fsp3) is 0.167. The maximum Gasteiger partial charge on any atom is 0.237 e. The monoisotopic (exact) mass is 368 g/mol. The van der Waals surface area contributed by atoms with E-state index in [1.54, 1.807) is 19.1 Å². The van der Waals surface area contributed by atoms with Crippen molar-refractivity contribution in [2.45, 2.75) is 17.3 Å². The minimum atomic E-state index is -0.408. The Bertz CT molecular complexity index is 630. The minimum absolute atomic E-state index is 0.0329. The van der Waals surface area contributed by atoms with Gasteiger partial charge in [0.25, 0.3) is 0 Å². The van der Waals surface area contributed by atoms with E-state index in [2.05, 4.69) is 36.2 Å². The van der Waals surface area contributed by atoms with Crippen molar-refractivity contribution in [2.24, 2.45) is 0 Å². The third-order valence-corrected chi connectivity index (χ3v) is 3.90. The van der Waals surface area contributed by atoms with Crippen LogP contribution in [-0.2, 0) is 4.79 Å². The lowest BCUT2D eigenvalue weighted by molar-refractivity contribution is -0.115. The molecule has 21 heavy (non-hydrogen) atoms. The van der Waals surface area contributed by atoms with Crippen LogP contribution in [0, 0.1) is 0 Å². The first kappa shape index (κ1) is 15.5. The highest BCUT2D eigenvalue weighted by Crippen LogP contribution is 2.22. The van der Waals surface area contributed by atoms with Crippen LogP contribution in [0.15, 0.2) is 33.9 Å². The van der Waals surface area contributed by atoms with Gasteiger partial charge >= 0.3 is 0 Å². The molecule has 0 aliphatic heterocycles. The number of nitrogens with one attached hydrogen (secondary N) is 1. The number of rotatable bonds is 4. The first-order valence-electron chi connectivity index (χ1n) is 5.94. The van der Waals surface area contributed by atoms with Crippen LogP contribution in [0.2, 0.25) is 0 Å². The van der Waals surface area contributed by atoms with E-state index >= 15 is 0 Å². The summed E-state index contributed by atoms with van der Waals surface area (Å²) in [7, 11) is 0. The maximum absolute atomic E-state index is 12.1. The zero-order valence-electron chi connectivity index (χ0n) is 11.1. The molecule has 110 valence electrons. The van der Waals surface area contributed by atoms with Crippen LogP contribution < -0.4 is 16.8 Å². The Morgan fingerprint density at radius 1 is 1.19 bits per heavy atom. The molecule has 0 fully saturated rings. The smallest absolute Gasteiger partial charge is 0.237 e. The molecule has 0 radical (unpaired) electrons. The van der Waals surface area contributed by atoms with Gasteiger partial charge in [-0.05, 0) is 31.2 Å². The first-order valence-corrected chi connectivity index (χ1v) is 7.61. The molecule has 0 spiro atoms. The third kappa shape index (κ3) is 4.57. The number of nitrogen functional groups attached to an aromatic ring is 2. The Morgan fingerprint density at radius 2 is 1.76 bits per heavy atom. The molecular formula is C12H13BrN6OS. The number of hydrogen-bond acceptors (Lipinski definition) is 7. The van der Waals surface area contributed by atoms with Crippen LogP contribution in [0.3, 0.4) is 0 Å². The summed E-state index contributed by atoms with van der Waals surface area (Å²) < 4.78 is 0.944. The molecular weight excluding hydrogens is 356 g/mol.